The molecule has 0 fully saturated rings. The standard InChI is InChI=1S/C19H21N3O2/c1-12-14(10-16(24-12)19(2,3)4)15-11-17(22-21-15)20-18(23)13-8-6-5-7-9-13/h5-11H,1-4H3,(H2,20,21,22,23). The van der Waals surface area contributed by atoms with Crippen LogP contribution in [0.5, 0.6) is 0 Å². The lowest BCUT2D eigenvalue weighted by Crippen LogP contribution is -2.11. The van der Waals surface area contributed by atoms with Crippen molar-refractivity contribution in [3.63, 3.8) is 0 Å². The highest BCUT2D eigenvalue weighted by atomic mass is 16.3. The number of amides is 1. The van der Waals surface area contributed by atoms with Crippen LogP contribution in [0.1, 0.15) is 42.6 Å². The van der Waals surface area contributed by atoms with E-state index in [1.165, 1.54) is 0 Å². The van der Waals surface area contributed by atoms with E-state index >= 15 is 0 Å². The first-order valence-corrected chi connectivity index (χ1v) is 7.87. The van der Waals surface area contributed by atoms with E-state index in [-0.39, 0.29) is 11.3 Å². The number of nitrogens with one attached hydrogen (secondary N) is 2. The van der Waals surface area contributed by atoms with E-state index in [0.29, 0.717) is 11.4 Å². The average Bonchev–Trinajstić information content (AvgIpc) is 3.14. The Morgan fingerprint density at radius 2 is 1.88 bits per heavy atom. The predicted octanol–water partition coefficient (Wildman–Crippen LogP) is 4.53. The SMILES string of the molecule is Cc1oc(C(C)(C)C)cc1-c1cc(NC(=O)c2ccccc2)n[nH]1. The molecule has 0 aliphatic carbocycles. The molecular weight excluding hydrogens is 302 g/mol. The van der Waals surface area contributed by atoms with Crippen molar-refractivity contribution in [3.05, 3.63) is 59.5 Å². The van der Waals surface area contributed by atoms with Crippen molar-refractivity contribution < 1.29 is 9.21 Å². The van der Waals surface area contributed by atoms with Crippen LogP contribution in [0.15, 0.2) is 46.9 Å². The summed E-state index contributed by atoms with van der Waals surface area (Å²) in [6.07, 6.45) is 0. The highest BCUT2D eigenvalue weighted by Crippen LogP contribution is 2.32. The van der Waals surface area contributed by atoms with Gasteiger partial charge in [0.15, 0.2) is 5.82 Å². The Bertz CT molecular complexity index is 854. The van der Waals surface area contributed by atoms with Crippen molar-refractivity contribution in [1.82, 2.24) is 10.2 Å². The number of benzene rings is 1. The summed E-state index contributed by atoms with van der Waals surface area (Å²) in [4.78, 5) is 12.2. The molecule has 0 unspecified atom stereocenters. The molecule has 2 aromatic heterocycles. The van der Waals surface area contributed by atoms with E-state index < -0.39 is 0 Å². The molecule has 1 amide bonds. The highest BCUT2D eigenvalue weighted by Gasteiger charge is 2.21. The first-order valence-electron chi connectivity index (χ1n) is 7.87. The highest BCUT2D eigenvalue weighted by molar-refractivity contribution is 6.03. The zero-order valence-corrected chi connectivity index (χ0v) is 14.3. The van der Waals surface area contributed by atoms with E-state index in [1.807, 2.05) is 37.3 Å². The molecule has 3 aromatic rings. The third-order valence-corrected chi connectivity index (χ3v) is 3.80. The molecule has 124 valence electrons. The minimum atomic E-state index is -0.187. The molecule has 0 aliphatic rings. The molecule has 5 heteroatoms. The topological polar surface area (TPSA) is 70.9 Å². The largest absolute Gasteiger partial charge is 0.465 e. The maximum Gasteiger partial charge on any atom is 0.256 e. The van der Waals surface area contributed by atoms with E-state index in [9.17, 15) is 4.79 Å². The maximum absolute atomic E-state index is 12.2. The van der Waals surface area contributed by atoms with Crippen molar-refractivity contribution in [3.8, 4) is 11.3 Å². The van der Waals surface area contributed by atoms with E-state index in [1.54, 1.807) is 12.1 Å². The van der Waals surface area contributed by atoms with Gasteiger partial charge in [0.1, 0.15) is 11.5 Å². The fourth-order valence-corrected chi connectivity index (χ4v) is 2.42. The van der Waals surface area contributed by atoms with Gasteiger partial charge in [-0.25, -0.2) is 0 Å². The zero-order chi connectivity index (χ0) is 17.3. The predicted molar refractivity (Wildman–Crippen MR) is 94.1 cm³/mol. The van der Waals surface area contributed by atoms with E-state index in [2.05, 4.69) is 36.3 Å². The summed E-state index contributed by atoms with van der Waals surface area (Å²) in [6.45, 7) is 8.24. The van der Waals surface area contributed by atoms with Gasteiger partial charge in [-0.1, -0.05) is 39.0 Å². The number of aromatic nitrogens is 2. The first-order chi connectivity index (χ1) is 11.3. The smallest absolute Gasteiger partial charge is 0.256 e. The number of aryl methyl sites for hydroxylation is 1. The molecule has 5 nitrogen and oxygen atoms in total. The summed E-state index contributed by atoms with van der Waals surface area (Å²) < 4.78 is 5.86. The van der Waals surface area contributed by atoms with Crippen LogP contribution in [0.3, 0.4) is 0 Å². The Balaban J connectivity index is 1.81. The number of nitrogens with zero attached hydrogens (tertiary/aromatic N) is 1. The fourth-order valence-electron chi connectivity index (χ4n) is 2.42. The summed E-state index contributed by atoms with van der Waals surface area (Å²) in [5, 5.41) is 9.92. The molecule has 0 atom stereocenters. The number of rotatable bonds is 3. The van der Waals surface area contributed by atoms with Crippen molar-refractivity contribution in [2.45, 2.75) is 33.1 Å². The Kier molecular flexibility index (Phi) is 4.01. The van der Waals surface area contributed by atoms with Crippen LogP contribution in [0.4, 0.5) is 5.82 Å². The second-order valence-electron chi connectivity index (χ2n) is 6.82. The van der Waals surface area contributed by atoms with Gasteiger partial charge >= 0.3 is 0 Å². The first kappa shape index (κ1) is 16.1. The number of hydrogen-bond acceptors (Lipinski definition) is 3. The van der Waals surface area contributed by atoms with Crippen LogP contribution in [0, 0.1) is 6.92 Å². The molecule has 0 saturated carbocycles. The molecule has 0 bridgehead atoms. The Morgan fingerprint density at radius 3 is 2.50 bits per heavy atom. The van der Waals surface area contributed by atoms with Crippen molar-refractivity contribution in [1.29, 1.82) is 0 Å². The average molecular weight is 323 g/mol. The Morgan fingerprint density at radius 1 is 1.17 bits per heavy atom. The van der Waals surface area contributed by atoms with Crippen molar-refractivity contribution in [2.24, 2.45) is 0 Å². The summed E-state index contributed by atoms with van der Waals surface area (Å²) in [7, 11) is 0. The minimum absolute atomic E-state index is 0.0621. The van der Waals surface area contributed by atoms with Crippen LogP contribution in [0.2, 0.25) is 0 Å². The van der Waals surface area contributed by atoms with Gasteiger partial charge in [0, 0.05) is 22.6 Å². The van der Waals surface area contributed by atoms with Crippen molar-refractivity contribution in [2.75, 3.05) is 5.32 Å². The normalized spacial score (nSPS) is 11.5. The molecular formula is C19H21N3O2. The third kappa shape index (κ3) is 3.25. The van der Waals surface area contributed by atoms with Gasteiger partial charge in [-0.3, -0.25) is 9.89 Å². The van der Waals surface area contributed by atoms with Gasteiger partial charge in [0.05, 0.1) is 5.69 Å². The lowest BCUT2D eigenvalue weighted by Gasteiger charge is -2.13. The molecule has 24 heavy (non-hydrogen) atoms. The summed E-state index contributed by atoms with van der Waals surface area (Å²) in [6, 6.07) is 12.9. The van der Waals surface area contributed by atoms with Crippen LogP contribution >= 0.6 is 0 Å². The van der Waals surface area contributed by atoms with Gasteiger partial charge in [-0.05, 0) is 25.1 Å². The summed E-state index contributed by atoms with van der Waals surface area (Å²) >= 11 is 0. The second-order valence-corrected chi connectivity index (χ2v) is 6.82. The fraction of sp³-hybridized carbons (Fsp3) is 0.263. The minimum Gasteiger partial charge on any atom is -0.465 e. The molecule has 2 N–H and O–H groups in total. The van der Waals surface area contributed by atoms with Crippen LogP contribution in [-0.2, 0) is 5.41 Å². The van der Waals surface area contributed by atoms with Gasteiger partial charge in [-0.2, -0.15) is 5.10 Å². The molecule has 0 spiro atoms. The third-order valence-electron chi connectivity index (χ3n) is 3.80. The number of anilines is 1. The Labute approximate surface area is 141 Å². The van der Waals surface area contributed by atoms with Gasteiger partial charge in [0.2, 0.25) is 0 Å². The van der Waals surface area contributed by atoms with Crippen molar-refractivity contribution >= 4 is 11.7 Å². The van der Waals surface area contributed by atoms with Crippen LogP contribution < -0.4 is 5.32 Å². The summed E-state index contributed by atoms with van der Waals surface area (Å²) in [5.41, 5.74) is 2.30. The quantitative estimate of drug-likeness (QED) is 0.744. The van der Waals surface area contributed by atoms with Crippen LogP contribution in [0.25, 0.3) is 11.3 Å². The molecule has 2 heterocycles. The number of hydrogen-bond donors (Lipinski definition) is 2. The molecule has 0 saturated heterocycles. The molecule has 0 radical (unpaired) electrons. The number of H-pyrrole nitrogens is 1. The monoisotopic (exact) mass is 323 g/mol. The number of aromatic amines is 1. The second kappa shape index (κ2) is 6.00. The van der Waals surface area contributed by atoms with Gasteiger partial charge in [-0.15, -0.1) is 0 Å². The van der Waals surface area contributed by atoms with Gasteiger partial charge in [0.25, 0.3) is 5.91 Å². The Hall–Kier alpha value is -2.82. The lowest BCUT2D eigenvalue weighted by molar-refractivity contribution is 0.102. The number of carbonyl (C=O) groups excluding carboxylic acids is 1. The zero-order valence-electron chi connectivity index (χ0n) is 14.3. The lowest BCUT2D eigenvalue weighted by atomic mass is 9.93. The number of carbonyl (C=O) groups is 1. The number of furan rings is 1. The molecule has 1 aromatic carbocycles. The molecule has 3 rings (SSSR count). The van der Waals surface area contributed by atoms with Gasteiger partial charge < -0.3 is 9.73 Å². The maximum atomic E-state index is 12.2. The van der Waals surface area contributed by atoms with E-state index in [0.717, 1.165) is 22.8 Å². The molecule has 0 aliphatic heterocycles. The summed E-state index contributed by atoms with van der Waals surface area (Å²) in [5.74, 6) is 2.04. The van der Waals surface area contributed by atoms with Crippen LogP contribution in [-0.4, -0.2) is 16.1 Å². The van der Waals surface area contributed by atoms with E-state index in [4.69, 9.17) is 4.42 Å².